The number of ether oxygens (including phenoxy) is 1. The van der Waals surface area contributed by atoms with Gasteiger partial charge < -0.3 is 14.7 Å². The molecule has 0 aliphatic carbocycles. The van der Waals surface area contributed by atoms with Crippen molar-refractivity contribution < 1.29 is 19.4 Å². The number of aromatic carboxylic acids is 1. The molecular formula is C14H17NO4. The Hall–Kier alpha value is -1.88. The van der Waals surface area contributed by atoms with E-state index in [1.54, 1.807) is 32.2 Å². The van der Waals surface area contributed by atoms with Crippen LogP contribution in [0.1, 0.15) is 30.1 Å². The van der Waals surface area contributed by atoms with E-state index in [2.05, 4.69) is 0 Å². The first-order valence-corrected chi connectivity index (χ1v) is 6.20. The molecule has 0 saturated carbocycles. The zero-order valence-electron chi connectivity index (χ0n) is 11.0. The van der Waals surface area contributed by atoms with E-state index in [-0.39, 0.29) is 11.5 Å². The number of hydrogen-bond donors (Lipinski definition) is 1. The molecule has 1 aliphatic rings. The minimum atomic E-state index is -1.05. The molecule has 0 aromatic heterocycles. The number of hydrogen-bond acceptors (Lipinski definition) is 3. The molecule has 1 aromatic rings. The van der Waals surface area contributed by atoms with Crippen molar-refractivity contribution in [1.82, 2.24) is 0 Å². The summed E-state index contributed by atoms with van der Waals surface area (Å²) in [6.45, 7) is 2.32. The van der Waals surface area contributed by atoms with Gasteiger partial charge in [0.1, 0.15) is 5.60 Å². The van der Waals surface area contributed by atoms with E-state index in [1.807, 2.05) is 0 Å². The molecule has 1 heterocycles. The molecule has 5 heteroatoms. The lowest BCUT2D eigenvalue weighted by atomic mass is 10.0. The SMILES string of the molecule is CN(C(=O)C1(C)CCCO1)c1ccccc1C(=O)O. The third-order valence-corrected chi connectivity index (χ3v) is 3.47. The number of rotatable bonds is 3. The van der Waals surface area contributed by atoms with E-state index in [9.17, 15) is 9.59 Å². The van der Waals surface area contributed by atoms with Gasteiger partial charge in [-0.15, -0.1) is 0 Å². The summed E-state index contributed by atoms with van der Waals surface area (Å²) in [4.78, 5) is 25.0. The second-order valence-electron chi connectivity index (χ2n) is 4.87. The van der Waals surface area contributed by atoms with Gasteiger partial charge in [0.05, 0.1) is 11.3 Å². The number of carboxylic acids is 1. The highest BCUT2D eigenvalue weighted by Crippen LogP contribution is 2.30. The van der Waals surface area contributed by atoms with Crippen LogP contribution in [0.4, 0.5) is 5.69 Å². The third-order valence-electron chi connectivity index (χ3n) is 3.47. The molecule has 102 valence electrons. The number of carbonyl (C=O) groups is 2. The maximum Gasteiger partial charge on any atom is 0.337 e. The first-order chi connectivity index (χ1) is 8.96. The number of amides is 1. The largest absolute Gasteiger partial charge is 0.478 e. The molecule has 1 amide bonds. The molecule has 1 saturated heterocycles. The number of nitrogens with zero attached hydrogens (tertiary/aromatic N) is 1. The molecule has 2 rings (SSSR count). The topological polar surface area (TPSA) is 66.8 Å². The number of carboxylic acid groups (broad SMARTS) is 1. The predicted molar refractivity (Wildman–Crippen MR) is 70.4 cm³/mol. The Kier molecular flexibility index (Phi) is 3.57. The molecule has 5 nitrogen and oxygen atoms in total. The zero-order valence-corrected chi connectivity index (χ0v) is 11.0. The molecule has 1 fully saturated rings. The van der Waals surface area contributed by atoms with E-state index < -0.39 is 11.6 Å². The van der Waals surface area contributed by atoms with Gasteiger partial charge in [-0.3, -0.25) is 4.79 Å². The van der Waals surface area contributed by atoms with Crippen LogP contribution in [0.25, 0.3) is 0 Å². The van der Waals surface area contributed by atoms with E-state index >= 15 is 0 Å². The highest BCUT2D eigenvalue weighted by molar-refractivity contribution is 6.04. The van der Waals surface area contributed by atoms with Crippen LogP contribution >= 0.6 is 0 Å². The van der Waals surface area contributed by atoms with Crippen molar-refractivity contribution in [2.45, 2.75) is 25.4 Å². The van der Waals surface area contributed by atoms with Crippen LogP contribution in [0.2, 0.25) is 0 Å². The van der Waals surface area contributed by atoms with Gasteiger partial charge in [-0.05, 0) is 31.9 Å². The van der Waals surface area contributed by atoms with Gasteiger partial charge in [-0.2, -0.15) is 0 Å². The van der Waals surface area contributed by atoms with Gasteiger partial charge in [-0.25, -0.2) is 4.79 Å². The lowest BCUT2D eigenvalue weighted by Gasteiger charge is -2.29. The Morgan fingerprint density at radius 1 is 1.37 bits per heavy atom. The molecular weight excluding hydrogens is 246 g/mol. The van der Waals surface area contributed by atoms with Crippen molar-refractivity contribution in [3.8, 4) is 0 Å². The molecule has 1 atom stereocenters. The molecule has 0 bridgehead atoms. The van der Waals surface area contributed by atoms with Crippen LogP contribution in [0.5, 0.6) is 0 Å². The smallest absolute Gasteiger partial charge is 0.337 e. The third kappa shape index (κ3) is 2.46. The molecule has 0 radical (unpaired) electrons. The summed E-state index contributed by atoms with van der Waals surface area (Å²) in [5.41, 5.74) is -0.350. The zero-order chi connectivity index (χ0) is 14.0. The van der Waals surface area contributed by atoms with Gasteiger partial charge in [0.15, 0.2) is 0 Å². The minimum absolute atomic E-state index is 0.111. The van der Waals surface area contributed by atoms with E-state index in [4.69, 9.17) is 9.84 Å². The molecule has 1 N–H and O–H groups in total. The number of anilines is 1. The van der Waals surface area contributed by atoms with Gasteiger partial charge in [-0.1, -0.05) is 12.1 Å². The van der Waals surface area contributed by atoms with Gasteiger partial charge in [0.2, 0.25) is 0 Å². The van der Waals surface area contributed by atoms with Gasteiger partial charge in [0, 0.05) is 13.7 Å². The van der Waals surface area contributed by atoms with Crippen LogP contribution in [0.3, 0.4) is 0 Å². The van der Waals surface area contributed by atoms with Crippen molar-refractivity contribution in [2.24, 2.45) is 0 Å². The molecule has 1 unspecified atom stereocenters. The van der Waals surface area contributed by atoms with Crippen LogP contribution in [-0.4, -0.2) is 36.2 Å². The predicted octanol–water partition coefficient (Wildman–Crippen LogP) is 1.92. The first kappa shape index (κ1) is 13.5. The van der Waals surface area contributed by atoms with Crippen molar-refractivity contribution in [1.29, 1.82) is 0 Å². The monoisotopic (exact) mass is 263 g/mol. The quantitative estimate of drug-likeness (QED) is 0.904. The summed E-state index contributed by atoms with van der Waals surface area (Å²) >= 11 is 0. The van der Waals surface area contributed by atoms with Crippen molar-refractivity contribution in [3.63, 3.8) is 0 Å². The second-order valence-corrected chi connectivity index (χ2v) is 4.87. The van der Waals surface area contributed by atoms with Crippen molar-refractivity contribution >= 4 is 17.6 Å². The Balaban J connectivity index is 2.31. The van der Waals surface area contributed by atoms with E-state index in [1.165, 1.54) is 11.0 Å². The molecule has 0 spiro atoms. The van der Waals surface area contributed by atoms with Crippen molar-refractivity contribution in [2.75, 3.05) is 18.6 Å². The maximum atomic E-state index is 12.5. The average Bonchev–Trinajstić information content (AvgIpc) is 2.85. The fraction of sp³-hybridized carbons (Fsp3) is 0.429. The van der Waals surface area contributed by atoms with Gasteiger partial charge in [0.25, 0.3) is 5.91 Å². The Labute approximate surface area is 111 Å². The molecule has 19 heavy (non-hydrogen) atoms. The lowest BCUT2D eigenvalue weighted by Crippen LogP contribution is -2.45. The number of likely N-dealkylation sites (N-methyl/N-ethyl adjacent to an activating group) is 1. The summed E-state index contributed by atoms with van der Waals surface area (Å²) in [6, 6.07) is 6.46. The van der Waals surface area contributed by atoms with Crippen LogP contribution < -0.4 is 4.90 Å². The Bertz CT molecular complexity index is 506. The first-order valence-electron chi connectivity index (χ1n) is 6.20. The fourth-order valence-electron chi connectivity index (χ4n) is 2.36. The maximum absolute atomic E-state index is 12.5. The summed E-state index contributed by atoms with van der Waals surface area (Å²) in [5.74, 6) is -1.26. The number of para-hydroxylation sites is 1. The second kappa shape index (κ2) is 5.01. The van der Waals surface area contributed by atoms with Crippen LogP contribution in [0, 0.1) is 0 Å². The average molecular weight is 263 g/mol. The number of carbonyl (C=O) groups excluding carboxylic acids is 1. The summed E-state index contributed by atoms with van der Waals surface area (Å²) < 4.78 is 5.51. The fourth-order valence-corrected chi connectivity index (χ4v) is 2.36. The highest BCUT2D eigenvalue weighted by atomic mass is 16.5. The minimum Gasteiger partial charge on any atom is -0.478 e. The Morgan fingerprint density at radius 2 is 2.05 bits per heavy atom. The normalized spacial score (nSPS) is 22.2. The summed E-state index contributed by atoms with van der Waals surface area (Å²) in [5, 5.41) is 9.16. The summed E-state index contributed by atoms with van der Waals surface area (Å²) in [6.07, 6.45) is 1.50. The highest BCUT2D eigenvalue weighted by Gasteiger charge is 2.40. The van der Waals surface area contributed by atoms with E-state index in [0.29, 0.717) is 18.7 Å². The summed E-state index contributed by atoms with van der Waals surface area (Å²) in [7, 11) is 1.58. The number of benzene rings is 1. The van der Waals surface area contributed by atoms with Crippen molar-refractivity contribution in [3.05, 3.63) is 29.8 Å². The van der Waals surface area contributed by atoms with Crippen LogP contribution in [0.15, 0.2) is 24.3 Å². The van der Waals surface area contributed by atoms with Gasteiger partial charge >= 0.3 is 5.97 Å². The molecule has 1 aliphatic heterocycles. The van der Waals surface area contributed by atoms with Crippen LogP contribution in [-0.2, 0) is 9.53 Å². The molecule has 1 aromatic carbocycles. The lowest BCUT2D eigenvalue weighted by molar-refractivity contribution is -0.136. The van der Waals surface area contributed by atoms with E-state index in [0.717, 1.165) is 6.42 Å². The Morgan fingerprint density at radius 3 is 2.63 bits per heavy atom. The standard InChI is InChI=1S/C14H17NO4/c1-14(8-5-9-19-14)13(18)15(2)11-7-4-3-6-10(11)12(16)17/h3-4,6-7H,5,8-9H2,1-2H3,(H,16,17).